The molecule has 0 spiro atoms. The molecule has 1 atom stereocenters. The average molecular weight is 357 g/mol. The SMILES string of the molecule is Nc1ncnc2c1c(I)nn2C1CCCC(=O)C1. The van der Waals surface area contributed by atoms with Crippen molar-refractivity contribution >= 4 is 45.2 Å². The normalized spacial score (nSPS) is 20.5. The Balaban J connectivity index is 2.12. The first-order valence-electron chi connectivity index (χ1n) is 5.82. The van der Waals surface area contributed by atoms with Crippen molar-refractivity contribution in [3.05, 3.63) is 10.0 Å². The number of hydrogen-bond acceptors (Lipinski definition) is 5. The molecule has 0 radical (unpaired) electrons. The lowest BCUT2D eigenvalue weighted by molar-refractivity contribution is -0.121. The molecule has 0 saturated heterocycles. The van der Waals surface area contributed by atoms with Crippen molar-refractivity contribution in [3.63, 3.8) is 0 Å². The zero-order valence-electron chi connectivity index (χ0n) is 9.64. The highest BCUT2D eigenvalue weighted by Gasteiger charge is 2.25. The first-order chi connectivity index (χ1) is 8.66. The summed E-state index contributed by atoms with van der Waals surface area (Å²) in [6.07, 6.45) is 4.54. The Morgan fingerprint density at radius 3 is 3.06 bits per heavy atom. The van der Waals surface area contributed by atoms with Gasteiger partial charge in [-0.3, -0.25) is 4.79 Å². The van der Waals surface area contributed by atoms with Crippen molar-refractivity contribution in [3.8, 4) is 0 Å². The maximum absolute atomic E-state index is 11.6. The molecule has 0 bridgehead atoms. The fraction of sp³-hybridized carbons (Fsp3) is 0.455. The summed E-state index contributed by atoms with van der Waals surface area (Å²) in [5.74, 6) is 0.740. The number of fused-ring (bicyclic) bond motifs is 1. The fourth-order valence-electron chi connectivity index (χ4n) is 2.42. The minimum absolute atomic E-state index is 0.103. The summed E-state index contributed by atoms with van der Waals surface area (Å²) in [6.45, 7) is 0. The first kappa shape index (κ1) is 11.8. The molecule has 2 aromatic rings. The summed E-state index contributed by atoms with van der Waals surface area (Å²) >= 11 is 2.13. The maximum atomic E-state index is 11.6. The third-order valence-electron chi connectivity index (χ3n) is 3.28. The van der Waals surface area contributed by atoms with E-state index in [-0.39, 0.29) is 6.04 Å². The van der Waals surface area contributed by atoms with E-state index in [0.29, 0.717) is 24.4 Å². The molecule has 1 saturated carbocycles. The van der Waals surface area contributed by atoms with E-state index in [1.165, 1.54) is 6.33 Å². The van der Waals surface area contributed by atoms with E-state index in [2.05, 4.69) is 37.7 Å². The van der Waals surface area contributed by atoms with Gasteiger partial charge < -0.3 is 5.73 Å². The van der Waals surface area contributed by atoms with Gasteiger partial charge in [-0.1, -0.05) is 0 Å². The fourth-order valence-corrected chi connectivity index (χ4v) is 3.17. The van der Waals surface area contributed by atoms with Crippen LogP contribution in [0.25, 0.3) is 11.0 Å². The second-order valence-corrected chi connectivity index (χ2v) is 5.50. The average Bonchev–Trinajstić information content (AvgIpc) is 2.68. The quantitative estimate of drug-likeness (QED) is 0.785. The lowest BCUT2D eigenvalue weighted by Crippen LogP contribution is -2.20. The molecule has 1 fully saturated rings. The molecule has 2 heterocycles. The highest BCUT2D eigenvalue weighted by Crippen LogP contribution is 2.31. The van der Waals surface area contributed by atoms with Crippen LogP contribution in [0.4, 0.5) is 5.82 Å². The number of nitrogens with zero attached hydrogens (tertiary/aromatic N) is 4. The van der Waals surface area contributed by atoms with Crippen LogP contribution in [0.1, 0.15) is 31.7 Å². The van der Waals surface area contributed by atoms with E-state index in [0.717, 1.165) is 27.6 Å². The summed E-state index contributed by atoms with van der Waals surface area (Å²) in [5.41, 5.74) is 6.58. The monoisotopic (exact) mass is 357 g/mol. The van der Waals surface area contributed by atoms with Crippen molar-refractivity contribution in [1.29, 1.82) is 0 Å². The molecule has 2 N–H and O–H groups in total. The molecule has 1 aliphatic carbocycles. The minimum atomic E-state index is 0.103. The van der Waals surface area contributed by atoms with Crippen LogP contribution in [0.3, 0.4) is 0 Å². The molecule has 2 aromatic heterocycles. The Morgan fingerprint density at radius 1 is 1.44 bits per heavy atom. The maximum Gasteiger partial charge on any atom is 0.164 e. The van der Waals surface area contributed by atoms with Crippen molar-refractivity contribution < 1.29 is 4.79 Å². The number of rotatable bonds is 1. The van der Waals surface area contributed by atoms with E-state index in [1.54, 1.807) is 0 Å². The summed E-state index contributed by atoms with van der Waals surface area (Å²) in [5, 5.41) is 5.27. The van der Waals surface area contributed by atoms with E-state index in [4.69, 9.17) is 5.73 Å². The lowest BCUT2D eigenvalue weighted by Gasteiger charge is -2.21. The Labute approximate surface area is 117 Å². The van der Waals surface area contributed by atoms with Gasteiger partial charge in [-0.2, -0.15) is 5.10 Å². The van der Waals surface area contributed by atoms with Crippen LogP contribution in [-0.2, 0) is 4.79 Å². The van der Waals surface area contributed by atoms with Gasteiger partial charge in [0, 0.05) is 12.8 Å². The van der Waals surface area contributed by atoms with Crippen molar-refractivity contribution in [2.75, 3.05) is 5.73 Å². The Morgan fingerprint density at radius 2 is 2.28 bits per heavy atom. The number of carbonyl (C=O) groups excluding carboxylic acids is 1. The number of nitrogens with two attached hydrogens (primary N) is 1. The van der Waals surface area contributed by atoms with Gasteiger partial charge in [0.15, 0.2) is 5.65 Å². The number of ketones is 1. The van der Waals surface area contributed by atoms with Crippen molar-refractivity contribution in [2.45, 2.75) is 31.7 Å². The van der Waals surface area contributed by atoms with Crippen molar-refractivity contribution in [2.24, 2.45) is 0 Å². The smallest absolute Gasteiger partial charge is 0.164 e. The number of halogens is 1. The number of Topliss-reactive ketones (excluding diaryl/α,β-unsaturated/α-hetero) is 1. The zero-order valence-corrected chi connectivity index (χ0v) is 11.8. The Bertz CT molecular complexity index is 623. The minimum Gasteiger partial charge on any atom is -0.383 e. The molecule has 6 nitrogen and oxygen atoms in total. The van der Waals surface area contributed by atoms with Gasteiger partial charge in [-0.05, 0) is 35.4 Å². The van der Waals surface area contributed by atoms with Crippen LogP contribution in [-0.4, -0.2) is 25.5 Å². The molecular weight excluding hydrogens is 345 g/mol. The molecule has 0 aromatic carbocycles. The van der Waals surface area contributed by atoms with Crippen LogP contribution in [0.15, 0.2) is 6.33 Å². The molecule has 7 heteroatoms. The van der Waals surface area contributed by atoms with Gasteiger partial charge in [0.2, 0.25) is 0 Å². The van der Waals surface area contributed by atoms with Gasteiger partial charge >= 0.3 is 0 Å². The molecule has 1 unspecified atom stereocenters. The molecule has 94 valence electrons. The predicted molar refractivity (Wildman–Crippen MR) is 75.0 cm³/mol. The standard InChI is InChI=1S/C11H12IN5O/c12-9-8-10(13)14-5-15-11(8)17(16-9)6-2-1-3-7(18)4-6/h5-6H,1-4H2,(H2,13,14,15). The second kappa shape index (κ2) is 4.45. The number of hydrogen-bond donors (Lipinski definition) is 1. The van der Waals surface area contributed by atoms with Gasteiger partial charge in [-0.25, -0.2) is 14.6 Å². The van der Waals surface area contributed by atoms with Crippen LogP contribution >= 0.6 is 22.6 Å². The van der Waals surface area contributed by atoms with Gasteiger partial charge in [-0.15, -0.1) is 0 Å². The molecule has 18 heavy (non-hydrogen) atoms. The van der Waals surface area contributed by atoms with Gasteiger partial charge in [0.1, 0.15) is 21.6 Å². The topological polar surface area (TPSA) is 86.7 Å². The van der Waals surface area contributed by atoms with Gasteiger partial charge in [0.05, 0.1) is 11.4 Å². The highest BCUT2D eigenvalue weighted by molar-refractivity contribution is 14.1. The second-order valence-electron chi connectivity index (χ2n) is 4.48. The molecular formula is C11H12IN5O. The number of nitrogen functional groups attached to an aromatic ring is 1. The first-order valence-corrected chi connectivity index (χ1v) is 6.90. The highest BCUT2D eigenvalue weighted by atomic mass is 127. The summed E-state index contributed by atoms with van der Waals surface area (Å²) in [4.78, 5) is 19.8. The van der Waals surface area contributed by atoms with E-state index >= 15 is 0 Å². The zero-order chi connectivity index (χ0) is 12.7. The van der Waals surface area contributed by atoms with E-state index in [9.17, 15) is 4.79 Å². The lowest BCUT2D eigenvalue weighted by atomic mass is 9.94. The van der Waals surface area contributed by atoms with Crippen LogP contribution in [0.2, 0.25) is 0 Å². The summed E-state index contributed by atoms with van der Waals surface area (Å²) in [7, 11) is 0. The number of anilines is 1. The summed E-state index contributed by atoms with van der Waals surface area (Å²) < 4.78 is 2.63. The third-order valence-corrected chi connectivity index (χ3v) is 4.03. The Kier molecular flexibility index (Phi) is 2.92. The predicted octanol–water partition coefficient (Wildman–Crippen LogP) is 1.70. The van der Waals surface area contributed by atoms with Crippen molar-refractivity contribution in [1.82, 2.24) is 19.7 Å². The van der Waals surface area contributed by atoms with Gasteiger partial charge in [0.25, 0.3) is 0 Å². The molecule has 1 aliphatic rings. The van der Waals surface area contributed by atoms with Crippen LogP contribution in [0.5, 0.6) is 0 Å². The summed E-state index contributed by atoms with van der Waals surface area (Å²) in [6, 6.07) is 0.103. The molecule has 3 rings (SSSR count). The third kappa shape index (κ3) is 1.86. The molecule has 0 aliphatic heterocycles. The van der Waals surface area contributed by atoms with Crippen LogP contribution in [0, 0.1) is 3.70 Å². The van der Waals surface area contributed by atoms with E-state index < -0.39 is 0 Å². The largest absolute Gasteiger partial charge is 0.383 e. The Hall–Kier alpha value is -1.25. The number of aromatic nitrogens is 4. The number of carbonyl (C=O) groups is 1. The van der Waals surface area contributed by atoms with Crippen LogP contribution < -0.4 is 5.73 Å². The molecule has 0 amide bonds. The van der Waals surface area contributed by atoms with E-state index in [1.807, 2.05) is 4.68 Å².